The molecule has 0 heterocycles. The summed E-state index contributed by atoms with van der Waals surface area (Å²) in [6.45, 7) is 8.17. The van der Waals surface area contributed by atoms with Crippen molar-refractivity contribution in [3.8, 4) is 0 Å². The fourth-order valence-corrected chi connectivity index (χ4v) is 15.4. The van der Waals surface area contributed by atoms with Crippen molar-refractivity contribution in [1.29, 1.82) is 0 Å². The zero-order valence-corrected chi connectivity index (χ0v) is 48.7. The van der Waals surface area contributed by atoms with E-state index in [1.165, 1.54) is 0 Å². The van der Waals surface area contributed by atoms with Crippen LogP contribution in [-0.4, -0.2) is 237 Å². The van der Waals surface area contributed by atoms with Crippen LogP contribution in [-0.2, 0) is 36.5 Å². The maximum atomic E-state index is 11.0. The Hall–Kier alpha value is 5.04. The third-order valence-electron chi connectivity index (χ3n) is 11.2. The third kappa shape index (κ3) is 37.7. The Morgan fingerprint density at radius 2 is 0.303 bits per heavy atom. The summed E-state index contributed by atoms with van der Waals surface area (Å²) >= 11 is 0. The summed E-state index contributed by atoms with van der Waals surface area (Å²) < 4.78 is 88.1. The molecule has 0 radical (unpaired) electrons. The van der Waals surface area contributed by atoms with Gasteiger partial charge in [0.15, 0.2) is 0 Å². The molecule has 0 aromatic carbocycles. The summed E-state index contributed by atoms with van der Waals surface area (Å²) in [5, 5.41) is 25.3. The molecule has 0 bridgehead atoms. The molecule has 0 rings (SSSR count). The number of hydrogen-bond acceptors (Lipinski definition) is 12. The SMILES string of the molecule is CCCCCCCCC(O)(P(=O)(O)O)P(=O)(O)O.CCCCCCCCC(O)(P(=O)(O)O)P(=O)(O)O.CCCCCCCCC(O)(P(=O)(O)O)P(=O)(O)O.CCCCCCCCC(O)(P(=O)(O)O)P(=O)(O)O.[NaH].[NaH].[NaH].[NaH]. The predicted octanol–water partition coefficient (Wildman–Crippen LogP) is 4.36. The van der Waals surface area contributed by atoms with Crippen LogP contribution < -0.4 is 0 Å². The first kappa shape index (κ1) is 97.3. The Balaban J connectivity index is -0.000000133. The first-order chi connectivity index (χ1) is 32.2. The number of rotatable bonds is 36. The van der Waals surface area contributed by atoms with E-state index in [-0.39, 0.29) is 144 Å². The van der Waals surface area contributed by atoms with Crippen LogP contribution in [0.2, 0.25) is 0 Å². The van der Waals surface area contributed by atoms with Crippen molar-refractivity contribution in [2.24, 2.45) is 0 Å². The molecule has 76 heavy (non-hydrogen) atoms. The zero-order chi connectivity index (χ0) is 57.8. The van der Waals surface area contributed by atoms with E-state index in [1.54, 1.807) is 0 Å². The van der Waals surface area contributed by atoms with E-state index in [1.807, 2.05) is 27.7 Å². The molecule has 0 aliphatic carbocycles. The van der Waals surface area contributed by atoms with E-state index in [0.29, 0.717) is 25.7 Å². The van der Waals surface area contributed by atoms with Crippen molar-refractivity contribution in [2.75, 3.05) is 0 Å². The minimum atomic E-state index is -5.28. The van der Waals surface area contributed by atoms with Gasteiger partial charge in [-0.1, -0.05) is 156 Å². The first-order valence-electron chi connectivity index (χ1n) is 23.6. The molecular weight excluding hydrogens is 1220 g/mol. The molecule has 0 unspecified atom stereocenters. The molecule has 0 atom stereocenters. The first-order valence-corrected chi connectivity index (χ1v) is 36.5. The van der Waals surface area contributed by atoms with E-state index in [2.05, 4.69) is 0 Å². The van der Waals surface area contributed by atoms with Gasteiger partial charge in [-0.3, -0.25) is 36.5 Å². The van der Waals surface area contributed by atoms with E-state index >= 15 is 0 Å². The van der Waals surface area contributed by atoms with Gasteiger partial charge in [-0.05, 0) is 51.4 Å². The van der Waals surface area contributed by atoms with Gasteiger partial charge in [0, 0.05) is 0 Å². The Kier molecular flexibility index (Phi) is 58.0. The van der Waals surface area contributed by atoms with Crippen LogP contribution in [0.3, 0.4) is 0 Å². The molecule has 0 aliphatic heterocycles. The topological polar surface area (TPSA) is 541 Å². The van der Waals surface area contributed by atoms with Crippen LogP contribution in [0.15, 0.2) is 0 Å². The van der Waals surface area contributed by atoms with Gasteiger partial charge in [-0.15, -0.1) is 0 Å². The molecule has 0 saturated heterocycles. The van der Waals surface area contributed by atoms with Gasteiger partial charge in [0.1, 0.15) is 0 Å². The molecule has 0 aromatic rings. The molecule has 40 heteroatoms. The standard InChI is InChI=1S/4C9H22O7P2.4Na.4H/c4*1-2-3-4-5-6-7-8-9(10,17(11,12)13)18(14,15)16;;;;;;;;/h4*10H,2-8H2,1H3,(H2,11,12,13)(H2,14,15,16);;;;;;;;. The van der Waals surface area contributed by atoms with Crippen LogP contribution in [0, 0.1) is 0 Å². The van der Waals surface area contributed by atoms with E-state index in [9.17, 15) is 56.9 Å². The molecule has 20 N–H and O–H groups in total. The number of hydrogen-bond donors (Lipinski definition) is 20. The molecule has 0 fully saturated rings. The van der Waals surface area contributed by atoms with Crippen molar-refractivity contribution in [1.82, 2.24) is 0 Å². The summed E-state index contributed by atoms with van der Waals surface area (Å²) in [7, 11) is -42.2. The molecule has 28 nitrogen and oxygen atoms in total. The van der Waals surface area contributed by atoms with Gasteiger partial charge in [0.25, 0.3) is 20.3 Å². The van der Waals surface area contributed by atoms with Crippen molar-refractivity contribution >= 4 is 179 Å². The average Bonchev–Trinajstić information content (AvgIpc) is 3.20. The van der Waals surface area contributed by atoms with Gasteiger partial charge in [0.2, 0.25) is 0 Å². The van der Waals surface area contributed by atoms with Crippen molar-refractivity contribution < 1.29 is 135 Å². The van der Waals surface area contributed by atoms with Crippen molar-refractivity contribution in [3.63, 3.8) is 0 Å². The third-order valence-corrected chi connectivity index (χ3v) is 26.7. The summed E-state index contributed by atoms with van der Waals surface area (Å²) in [6, 6.07) is 0. The second-order valence-electron chi connectivity index (χ2n) is 17.5. The summed E-state index contributed by atoms with van der Waals surface area (Å²) in [5.41, 5.74) is 0. The average molecular weight is 1310 g/mol. The van der Waals surface area contributed by atoms with Gasteiger partial charge in [0.05, 0.1) is 0 Å². The summed E-state index contributed by atoms with van der Waals surface area (Å²) in [6.07, 6.45) is 16.0. The van der Waals surface area contributed by atoms with E-state index in [0.717, 1.165) is 103 Å². The minimum absolute atomic E-state index is 0. The van der Waals surface area contributed by atoms with Crippen LogP contribution in [0.1, 0.15) is 207 Å². The summed E-state index contributed by atoms with van der Waals surface area (Å²) in [4.78, 5) is 142. The van der Waals surface area contributed by atoms with Crippen LogP contribution >= 0.6 is 60.8 Å². The second-order valence-corrected chi connectivity index (χ2v) is 33.6. The molecule has 0 amide bonds. The Labute approximate surface area is 536 Å². The maximum absolute atomic E-state index is 11.0. The Bertz CT molecular complexity index is 1530. The van der Waals surface area contributed by atoms with Gasteiger partial charge in [-0.2, -0.15) is 0 Å². The fourth-order valence-electron chi connectivity index (χ4n) is 6.41. The fraction of sp³-hybridized carbons (Fsp3) is 1.00. The van der Waals surface area contributed by atoms with Crippen molar-refractivity contribution in [2.45, 2.75) is 228 Å². The Morgan fingerprint density at radius 3 is 0.395 bits per heavy atom. The molecular formula is C36H92Na4O28P8. The normalized spacial score (nSPS) is 13.2. The van der Waals surface area contributed by atoms with Crippen LogP contribution in [0.5, 0.6) is 0 Å². The van der Waals surface area contributed by atoms with E-state index < -0.39 is 107 Å². The summed E-state index contributed by atoms with van der Waals surface area (Å²) in [5.74, 6) is 0. The quantitative estimate of drug-likeness (QED) is 0.0235. The van der Waals surface area contributed by atoms with Crippen molar-refractivity contribution in [3.05, 3.63) is 0 Å². The van der Waals surface area contributed by atoms with Gasteiger partial charge < -0.3 is 98.7 Å². The predicted molar refractivity (Wildman–Crippen MR) is 297 cm³/mol. The van der Waals surface area contributed by atoms with Crippen LogP contribution in [0.25, 0.3) is 0 Å². The number of aliphatic hydroxyl groups is 4. The number of unbranched alkanes of at least 4 members (excludes halogenated alkanes) is 20. The Morgan fingerprint density at radius 1 is 0.211 bits per heavy atom. The molecule has 0 saturated carbocycles. The van der Waals surface area contributed by atoms with Gasteiger partial charge >= 0.3 is 179 Å². The second kappa shape index (κ2) is 45.3. The molecule has 0 aromatic heterocycles. The van der Waals surface area contributed by atoms with Gasteiger partial charge in [-0.25, -0.2) is 0 Å². The monoisotopic (exact) mass is 1310 g/mol. The molecule has 0 spiro atoms. The van der Waals surface area contributed by atoms with E-state index in [4.69, 9.17) is 78.3 Å². The molecule has 0 aliphatic rings. The zero-order valence-electron chi connectivity index (χ0n) is 41.6. The van der Waals surface area contributed by atoms with Crippen LogP contribution in [0.4, 0.5) is 0 Å². The molecule has 448 valence electrons.